The number of amides is 1. The number of carbonyl (C=O) groups excluding carboxylic acids is 1. The third-order valence-corrected chi connectivity index (χ3v) is 3.23. The van der Waals surface area contributed by atoms with Crippen molar-refractivity contribution >= 4 is 17.5 Å². The van der Waals surface area contributed by atoms with Crippen LogP contribution in [0, 0.1) is 0 Å². The Morgan fingerprint density at radius 1 is 1.09 bits per heavy atom. The van der Waals surface area contributed by atoms with Gasteiger partial charge in [0.1, 0.15) is 17.8 Å². The minimum absolute atomic E-state index is 0.216. The third-order valence-electron chi connectivity index (χ3n) is 3.23. The summed E-state index contributed by atoms with van der Waals surface area (Å²) < 4.78 is 3.45. The highest BCUT2D eigenvalue weighted by Gasteiger charge is 2.12. The fourth-order valence-corrected chi connectivity index (χ4v) is 2.20. The van der Waals surface area contributed by atoms with Gasteiger partial charge in [-0.25, -0.2) is 4.98 Å². The SMILES string of the molecule is O=C(Nc1nc2cccc(-n3ccnc3)n2n1)c1ccccn1. The van der Waals surface area contributed by atoms with Crippen molar-refractivity contribution in [1.29, 1.82) is 0 Å². The Bertz CT molecular complexity index is 960. The van der Waals surface area contributed by atoms with Crippen molar-refractivity contribution in [2.24, 2.45) is 0 Å². The standard InChI is InChI=1S/C15H11N7O/c23-14(11-4-1-2-7-17-11)19-15-18-12-5-3-6-13(22(12)20-15)21-9-8-16-10-21/h1-10H,(H,19,20,23). The second-order valence-electron chi connectivity index (χ2n) is 4.73. The van der Waals surface area contributed by atoms with Crippen LogP contribution >= 0.6 is 0 Å². The second-order valence-corrected chi connectivity index (χ2v) is 4.73. The molecule has 0 fully saturated rings. The molecular weight excluding hydrogens is 294 g/mol. The number of hydrogen-bond donors (Lipinski definition) is 1. The van der Waals surface area contributed by atoms with Crippen molar-refractivity contribution in [2.75, 3.05) is 5.32 Å². The topological polar surface area (TPSA) is 90.0 Å². The Labute approximate surface area is 130 Å². The van der Waals surface area contributed by atoms with Crippen LogP contribution in [-0.2, 0) is 0 Å². The van der Waals surface area contributed by atoms with Crippen LogP contribution in [0.2, 0.25) is 0 Å². The smallest absolute Gasteiger partial charge is 0.276 e. The average Bonchev–Trinajstić information content (AvgIpc) is 3.24. The highest BCUT2D eigenvalue weighted by Crippen LogP contribution is 2.13. The largest absolute Gasteiger partial charge is 0.290 e. The number of anilines is 1. The molecule has 4 aromatic heterocycles. The van der Waals surface area contributed by atoms with Crippen molar-refractivity contribution < 1.29 is 4.79 Å². The first kappa shape index (κ1) is 13.1. The minimum Gasteiger partial charge on any atom is -0.290 e. The second kappa shape index (κ2) is 5.34. The molecule has 4 heterocycles. The number of hydrogen-bond acceptors (Lipinski definition) is 5. The summed E-state index contributed by atoms with van der Waals surface area (Å²) >= 11 is 0. The van der Waals surface area contributed by atoms with E-state index in [-0.39, 0.29) is 11.9 Å². The zero-order valence-corrected chi connectivity index (χ0v) is 11.9. The normalized spacial score (nSPS) is 10.8. The molecule has 0 saturated heterocycles. The van der Waals surface area contributed by atoms with Crippen molar-refractivity contribution in [3.05, 3.63) is 67.0 Å². The fourth-order valence-electron chi connectivity index (χ4n) is 2.20. The van der Waals surface area contributed by atoms with E-state index in [0.29, 0.717) is 11.3 Å². The molecule has 1 amide bonds. The lowest BCUT2D eigenvalue weighted by Gasteiger charge is -2.03. The molecule has 23 heavy (non-hydrogen) atoms. The van der Waals surface area contributed by atoms with Gasteiger partial charge in [-0.1, -0.05) is 12.1 Å². The van der Waals surface area contributed by atoms with Gasteiger partial charge in [0.15, 0.2) is 5.65 Å². The molecule has 0 aliphatic heterocycles. The molecule has 0 radical (unpaired) electrons. The Morgan fingerprint density at radius 3 is 2.83 bits per heavy atom. The average molecular weight is 305 g/mol. The number of nitrogens with one attached hydrogen (secondary N) is 1. The summed E-state index contributed by atoms with van der Waals surface area (Å²) in [5.41, 5.74) is 0.925. The third kappa shape index (κ3) is 2.42. The first-order chi connectivity index (χ1) is 11.3. The Balaban J connectivity index is 1.70. The van der Waals surface area contributed by atoms with E-state index in [1.165, 1.54) is 0 Å². The van der Waals surface area contributed by atoms with Crippen LogP contribution in [0.15, 0.2) is 61.3 Å². The van der Waals surface area contributed by atoms with Crippen LogP contribution in [0.4, 0.5) is 5.95 Å². The molecule has 1 N–H and O–H groups in total. The Hall–Kier alpha value is -3.55. The molecule has 4 rings (SSSR count). The zero-order valence-electron chi connectivity index (χ0n) is 11.9. The summed E-state index contributed by atoms with van der Waals surface area (Å²) in [6.45, 7) is 0. The number of aromatic nitrogens is 6. The predicted molar refractivity (Wildman–Crippen MR) is 82.3 cm³/mol. The zero-order chi connectivity index (χ0) is 15.6. The maximum atomic E-state index is 12.1. The van der Waals surface area contributed by atoms with Gasteiger partial charge >= 0.3 is 0 Å². The molecule has 0 atom stereocenters. The fraction of sp³-hybridized carbons (Fsp3) is 0. The highest BCUT2D eigenvalue weighted by molar-refractivity contribution is 6.01. The molecule has 0 aliphatic rings. The lowest BCUT2D eigenvalue weighted by atomic mass is 10.3. The van der Waals surface area contributed by atoms with E-state index in [1.807, 2.05) is 29.0 Å². The van der Waals surface area contributed by atoms with Gasteiger partial charge in [0.2, 0.25) is 5.95 Å². The summed E-state index contributed by atoms with van der Waals surface area (Å²) in [5.74, 6) is 0.629. The molecule has 0 bridgehead atoms. The van der Waals surface area contributed by atoms with Gasteiger partial charge in [-0.3, -0.25) is 19.7 Å². The van der Waals surface area contributed by atoms with Crippen LogP contribution < -0.4 is 5.32 Å². The van der Waals surface area contributed by atoms with E-state index in [0.717, 1.165) is 5.82 Å². The number of carbonyl (C=O) groups is 1. The minimum atomic E-state index is -0.356. The molecule has 0 aliphatic carbocycles. The van der Waals surface area contributed by atoms with Crippen molar-refractivity contribution in [3.63, 3.8) is 0 Å². The van der Waals surface area contributed by atoms with Crippen molar-refractivity contribution in [3.8, 4) is 5.82 Å². The summed E-state index contributed by atoms with van der Waals surface area (Å²) in [7, 11) is 0. The van der Waals surface area contributed by atoms with E-state index in [2.05, 4.69) is 25.4 Å². The van der Waals surface area contributed by atoms with Gasteiger partial charge in [0.25, 0.3) is 5.91 Å². The number of pyridine rings is 2. The first-order valence-electron chi connectivity index (χ1n) is 6.88. The lowest BCUT2D eigenvalue weighted by molar-refractivity contribution is 0.102. The van der Waals surface area contributed by atoms with E-state index >= 15 is 0 Å². The van der Waals surface area contributed by atoms with Gasteiger partial charge in [0.05, 0.1) is 0 Å². The molecule has 0 spiro atoms. The lowest BCUT2D eigenvalue weighted by Crippen LogP contribution is -2.14. The van der Waals surface area contributed by atoms with E-state index in [4.69, 9.17) is 0 Å². The van der Waals surface area contributed by atoms with Gasteiger partial charge in [-0.15, -0.1) is 5.10 Å². The molecular formula is C15H11N7O. The number of nitrogens with zero attached hydrogens (tertiary/aromatic N) is 6. The van der Waals surface area contributed by atoms with Gasteiger partial charge in [-0.05, 0) is 24.3 Å². The molecule has 8 nitrogen and oxygen atoms in total. The first-order valence-corrected chi connectivity index (χ1v) is 6.88. The maximum absolute atomic E-state index is 12.1. The highest BCUT2D eigenvalue weighted by atomic mass is 16.2. The maximum Gasteiger partial charge on any atom is 0.276 e. The van der Waals surface area contributed by atoms with Crippen LogP contribution in [0.25, 0.3) is 11.5 Å². The number of rotatable bonds is 3. The van der Waals surface area contributed by atoms with Crippen molar-refractivity contribution in [1.82, 2.24) is 29.1 Å². The van der Waals surface area contributed by atoms with E-state index in [9.17, 15) is 4.79 Å². The number of fused-ring (bicyclic) bond motifs is 1. The Kier molecular flexibility index (Phi) is 3.05. The van der Waals surface area contributed by atoms with Crippen molar-refractivity contribution in [2.45, 2.75) is 0 Å². The molecule has 0 unspecified atom stereocenters. The number of imidazole rings is 1. The molecule has 8 heteroatoms. The quantitative estimate of drug-likeness (QED) is 0.620. The molecule has 112 valence electrons. The van der Waals surface area contributed by atoms with Crippen LogP contribution in [0.1, 0.15) is 10.5 Å². The predicted octanol–water partition coefficient (Wildman–Crippen LogP) is 1.56. The van der Waals surface area contributed by atoms with Gasteiger partial charge in [0, 0.05) is 18.6 Å². The van der Waals surface area contributed by atoms with Crippen LogP contribution in [0.5, 0.6) is 0 Å². The Morgan fingerprint density at radius 2 is 2.04 bits per heavy atom. The van der Waals surface area contributed by atoms with E-state index in [1.54, 1.807) is 41.4 Å². The van der Waals surface area contributed by atoms with Gasteiger partial charge in [-0.2, -0.15) is 9.50 Å². The summed E-state index contributed by atoms with van der Waals surface area (Å²) in [4.78, 5) is 24.5. The van der Waals surface area contributed by atoms with Crippen LogP contribution in [-0.4, -0.2) is 35.0 Å². The van der Waals surface area contributed by atoms with Crippen LogP contribution in [0.3, 0.4) is 0 Å². The summed E-state index contributed by atoms with van der Waals surface area (Å²) in [5, 5.41) is 6.98. The molecule has 4 aromatic rings. The summed E-state index contributed by atoms with van der Waals surface area (Å²) in [6.07, 6.45) is 6.72. The molecule has 0 saturated carbocycles. The monoisotopic (exact) mass is 305 g/mol. The van der Waals surface area contributed by atoms with E-state index < -0.39 is 0 Å². The summed E-state index contributed by atoms with van der Waals surface area (Å²) in [6, 6.07) is 10.7. The molecule has 0 aromatic carbocycles. The van der Waals surface area contributed by atoms with Gasteiger partial charge < -0.3 is 0 Å².